The molecule has 1 atom stereocenters. The number of benzene rings is 1. The highest BCUT2D eigenvalue weighted by Crippen LogP contribution is 2.20. The molecule has 0 saturated carbocycles. The molecule has 1 saturated heterocycles. The molecule has 6 nitrogen and oxygen atoms in total. The summed E-state index contributed by atoms with van der Waals surface area (Å²) >= 11 is 0. The van der Waals surface area contributed by atoms with Crippen molar-refractivity contribution in [2.75, 3.05) is 38.7 Å². The third kappa shape index (κ3) is 3.30. The molecule has 0 aromatic heterocycles. The fourth-order valence-corrected chi connectivity index (χ4v) is 2.17. The topological polar surface area (TPSA) is 70.1 Å². The Hall–Kier alpha value is -2.15. The smallest absolute Gasteiger partial charge is 0.334 e. The first-order valence-electron chi connectivity index (χ1n) is 6.50. The minimum atomic E-state index is -1.11. The maximum atomic E-state index is 13.9. The highest BCUT2D eigenvalue weighted by molar-refractivity contribution is 5.95. The average Bonchev–Trinajstić information content (AvgIpc) is 2.46. The molecule has 21 heavy (non-hydrogen) atoms. The van der Waals surface area contributed by atoms with E-state index in [2.05, 4.69) is 0 Å². The normalized spacial score (nSPS) is 18.4. The molecular formula is C14H17FN2O4. The molecule has 0 aliphatic carbocycles. The molecule has 0 bridgehead atoms. The number of rotatable bonds is 3. The van der Waals surface area contributed by atoms with Crippen LogP contribution in [0.1, 0.15) is 10.4 Å². The second-order valence-electron chi connectivity index (χ2n) is 5.01. The fourth-order valence-electron chi connectivity index (χ4n) is 2.17. The summed E-state index contributed by atoms with van der Waals surface area (Å²) in [5.74, 6) is -2.00. The number of hydrogen-bond acceptors (Lipinski definition) is 4. The molecule has 7 heteroatoms. The van der Waals surface area contributed by atoms with Crippen molar-refractivity contribution in [3.8, 4) is 0 Å². The minimum Gasteiger partial charge on any atom is -0.479 e. The second kappa shape index (κ2) is 6.09. The predicted molar refractivity (Wildman–Crippen MR) is 74.0 cm³/mol. The van der Waals surface area contributed by atoms with Gasteiger partial charge in [-0.05, 0) is 18.2 Å². The van der Waals surface area contributed by atoms with E-state index in [1.54, 1.807) is 19.0 Å². The van der Waals surface area contributed by atoms with Crippen LogP contribution in [0.4, 0.5) is 10.1 Å². The Balaban J connectivity index is 2.16. The number of hydrogen-bond donors (Lipinski definition) is 1. The van der Waals surface area contributed by atoms with Crippen molar-refractivity contribution in [1.82, 2.24) is 4.90 Å². The van der Waals surface area contributed by atoms with Crippen molar-refractivity contribution in [3.63, 3.8) is 0 Å². The summed E-state index contributed by atoms with van der Waals surface area (Å²) in [5, 5.41) is 8.92. The number of aliphatic carboxylic acids is 1. The number of carbonyl (C=O) groups excluding carboxylic acids is 1. The number of amides is 1. The molecule has 1 aromatic rings. The number of carboxylic acid groups (broad SMARTS) is 1. The zero-order valence-electron chi connectivity index (χ0n) is 11.9. The van der Waals surface area contributed by atoms with Gasteiger partial charge in [0.2, 0.25) is 0 Å². The quantitative estimate of drug-likeness (QED) is 0.894. The highest BCUT2D eigenvalue weighted by Gasteiger charge is 2.29. The summed E-state index contributed by atoms with van der Waals surface area (Å²) in [6, 6.07) is 4.23. The lowest BCUT2D eigenvalue weighted by molar-refractivity contribution is -0.154. The second-order valence-corrected chi connectivity index (χ2v) is 5.01. The SMILES string of the molecule is CN(C)c1ccc(C(=O)N2CCOC(C(=O)O)C2)cc1F. The molecule has 1 aliphatic heterocycles. The van der Waals surface area contributed by atoms with Gasteiger partial charge in [0.15, 0.2) is 6.10 Å². The van der Waals surface area contributed by atoms with Gasteiger partial charge in [0, 0.05) is 26.2 Å². The summed E-state index contributed by atoms with van der Waals surface area (Å²) in [5.41, 5.74) is 0.584. The zero-order chi connectivity index (χ0) is 15.6. The van der Waals surface area contributed by atoms with Gasteiger partial charge < -0.3 is 19.6 Å². The Bertz CT molecular complexity index is 562. The highest BCUT2D eigenvalue weighted by atomic mass is 19.1. The van der Waals surface area contributed by atoms with Crippen LogP contribution >= 0.6 is 0 Å². The van der Waals surface area contributed by atoms with Gasteiger partial charge in [0.05, 0.1) is 18.8 Å². The third-order valence-corrected chi connectivity index (χ3v) is 3.31. The number of carboxylic acids is 1. The number of morpholine rings is 1. The van der Waals surface area contributed by atoms with E-state index in [1.807, 2.05) is 0 Å². The Morgan fingerprint density at radius 2 is 2.14 bits per heavy atom. The van der Waals surface area contributed by atoms with Gasteiger partial charge >= 0.3 is 5.97 Å². The summed E-state index contributed by atoms with van der Waals surface area (Å²) < 4.78 is 19.0. The monoisotopic (exact) mass is 296 g/mol. The van der Waals surface area contributed by atoms with Crippen LogP contribution < -0.4 is 4.90 Å². The van der Waals surface area contributed by atoms with Gasteiger partial charge in [-0.1, -0.05) is 0 Å². The first-order valence-corrected chi connectivity index (χ1v) is 6.50. The van der Waals surface area contributed by atoms with E-state index < -0.39 is 23.8 Å². The van der Waals surface area contributed by atoms with E-state index in [-0.39, 0.29) is 18.7 Å². The lowest BCUT2D eigenvalue weighted by Crippen LogP contribution is -2.48. The van der Waals surface area contributed by atoms with Gasteiger partial charge in [0.1, 0.15) is 5.82 Å². The lowest BCUT2D eigenvalue weighted by Gasteiger charge is -2.31. The molecule has 0 spiro atoms. The van der Waals surface area contributed by atoms with E-state index in [9.17, 15) is 14.0 Å². The molecule has 1 fully saturated rings. The van der Waals surface area contributed by atoms with Crippen LogP contribution in [0.3, 0.4) is 0 Å². The molecule has 2 rings (SSSR count). The Labute approximate surface area is 121 Å². The maximum absolute atomic E-state index is 13.9. The fraction of sp³-hybridized carbons (Fsp3) is 0.429. The summed E-state index contributed by atoms with van der Waals surface area (Å²) in [4.78, 5) is 26.2. The summed E-state index contributed by atoms with van der Waals surface area (Å²) in [6.45, 7) is 0.409. The molecule has 0 radical (unpaired) electrons. The van der Waals surface area contributed by atoms with Crippen molar-refractivity contribution >= 4 is 17.6 Å². The summed E-state index contributed by atoms with van der Waals surface area (Å²) in [6.07, 6.45) is -1.03. The van der Waals surface area contributed by atoms with Crippen LogP contribution in [0.5, 0.6) is 0 Å². The van der Waals surface area contributed by atoms with E-state index in [1.165, 1.54) is 23.1 Å². The number of nitrogens with zero attached hydrogens (tertiary/aromatic N) is 2. The first kappa shape index (κ1) is 15.2. The van der Waals surface area contributed by atoms with Crippen LogP contribution in [0.25, 0.3) is 0 Å². The number of carbonyl (C=O) groups is 2. The first-order chi connectivity index (χ1) is 9.90. The van der Waals surface area contributed by atoms with Crippen LogP contribution in [0.2, 0.25) is 0 Å². The van der Waals surface area contributed by atoms with Crippen molar-refractivity contribution in [3.05, 3.63) is 29.6 Å². The van der Waals surface area contributed by atoms with E-state index in [0.29, 0.717) is 12.2 Å². The number of ether oxygens (including phenoxy) is 1. The van der Waals surface area contributed by atoms with Crippen molar-refractivity contribution < 1.29 is 23.8 Å². The molecular weight excluding hydrogens is 279 g/mol. The van der Waals surface area contributed by atoms with Crippen LogP contribution in [0, 0.1) is 5.82 Å². The maximum Gasteiger partial charge on any atom is 0.334 e. The predicted octanol–water partition coefficient (Wildman–Crippen LogP) is 0.817. The molecule has 1 amide bonds. The average molecular weight is 296 g/mol. The van der Waals surface area contributed by atoms with Gasteiger partial charge in [-0.15, -0.1) is 0 Å². The lowest BCUT2D eigenvalue weighted by atomic mass is 10.1. The number of halogens is 1. The van der Waals surface area contributed by atoms with Gasteiger partial charge in [-0.2, -0.15) is 0 Å². The Kier molecular flexibility index (Phi) is 4.42. The van der Waals surface area contributed by atoms with Gasteiger partial charge in [-0.3, -0.25) is 4.79 Å². The van der Waals surface area contributed by atoms with Gasteiger partial charge in [-0.25, -0.2) is 9.18 Å². The zero-order valence-corrected chi connectivity index (χ0v) is 11.9. The van der Waals surface area contributed by atoms with Crippen molar-refractivity contribution in [2.45, 2.75) is 6.10 Å². The molecule has 1 aliphatic rings. The standard InChI is InChI=1S/C14H17FN2O4/c1-16(2)11-4-3-9(7-10(11)15)13(18)17-5-6-21-12(8-17)14(19)20/h3-4,7,12H,5-6,8H2,1-2H3,(H,19,20). The van der Waals surface area contributed by atoms with Crippen LogP contribution in [0.15, 0.2) is 18.2 Å². The Morgan fingerprint density at radius 1 is 1.43 bits per heavy atom. The van der Waals surface area contributed by atoms with E-state index in [0.717, 1.165) is 0 Å². The largest absolute Gasteiger partial charge is 0.479 e. The van der Waals surface area contributed by atoms with Crippen LogP contribution in [-0.2, 0) is 9.53 Å². The van der Waals surface area contributed by atoms with Crippen molar-refractivity contribution in [2.24, 2.45) is 0 Å². The van der Waals surface area contributed by atoms with Crippen LogP contribution in [-0.4, -0.2) is 61.8 Å². The molecule has 1 heterocycles. The molecule has 114 valence electrons. The third-order valence-electron chi connectivity index (χ3n) is 3.31. The molecule has 1 aromatic carbocycles. The molecule has 1 N–H and O–H groups in total. The van der Waals surface area contributed by atoms with Gasteiger partial charge in [0.25, 0.3) is 5.91 Å². The minimum absolute atomic E-state index is 0.0365. The van der Waals surface area contributed by atoms with Crippen molar-refractivity contribution in [1.29, 1.82) is 0 Å². The molecule has 1 unspecified atom stereocenters. The van der Waals surface area contributed by atoms with E-state index >= 15 is 0 Å². The number of anilines is 1. The van der Waals surface area contributed by atoms with E-state index in [4.69, 9.17) is 9.84 Å². The Morgan fingerprint density at radius 3 is 2.71 bits per heavy atom. The summed E-state index contributed by atoms with van der Waals surface area (Å²) in [7, 11) is 3.42.